The van der Waals surface area contributed by atoms with E-state index in [0.29, 0.717) is 17.5 Å². The number of hydrogen-bond acceptors (Lipinski definition) is 4. The average molecular weight is 435 g/mol. The lowest BCUT2D eigenvalue weighted by Crippen LogP contribution is -2.35. The van der Waals surface area contributed by atoms with Crippen LogP contribution in [-0.4, -0.2) is 31.8 Å². The first kappa shape index (κ1) is 22.0. The van der Waals surface area contributed by atoms with E-state index < -0.39 is 10.0 Å². The molecule has 1 N–H and O–H groups in total. The fourth-order valence-corrected chi connectivity index (χ4v) is 6.08. The largest absolute Gasteiger partial charge is 0.335 e. The van der Waals surface area contributed by atoms with Gasteiger partial charge in [-0.3, -0.25) is 4.79 Å². The minimum absolute atomic E-state index is 0.00770. The summed E-state index contributed by atoms with van der Waals surface area (Å²) in [6, 6.07) is 4.32. The Labute approximate surface area is 178 Å². The molecule has 0 aliphatic heterocycles. The number of hydrogen-bond donors (Lipinski definition) is 1. The summed E-state index contributed by atoms with van der Waals surface area (Å²) in [5, 5.41) is 2.01. The summed E-state index contributed by atoms with van der Waals surface area (Å²) in [7, 11) is -3.68. The van der Waals surface area contributed by atoms with Crippen LogP contribution in [0.5, 0.6) is 0 Å². The minimum Gasteiger partial charge on any atom is -0.335 e. The zero-order valence-electron chi connectivity index (χ0n) is 17.8. The van der Waals surface area contributed by atoms with Crippen LogP contribution in [0.15, 0.2) is 22.4 Å². The van der Waals surface area contributed by atoms with Gasteiger partial charge in [0.2, 0.25) is 15.9 Å². The van der Waals surface area contributed by atoms with Gasteiger partial charge in [-0.15, -0.1) is 11.3 Å². The summed E-state index contributed by atoms with van der Waals surface area (Å²) in [5.74, 6) is 0.00770. The van der Waals surface area contributed by atoms with Crippen LogP contribution in [0.2, 0.25) is 0 Å². The maximum Gasteiger partial charge on any atom is 0.241 e. The molecule has 0 radical (unpaired) electrons. The zero-order valence-corrected chi connectivity index (χ0v) is 19.5. The standard InChI is InChI=1S/C22H30N2O3S2/c1-14-15(2)17(4)22(18(5)16(14)3)29(26,27)23-11-10-21(25)24(19-8-9-19)13-20-7-6-12-28-20/h6-7,12,19,23H,8-11,13H2,1-5H3. The van der Waals surface area contributed by atoms with E-state index in [-0.39, 0.29) is 18.9 Å². The number of rotatable bonds is 8. The Hall–Kier alpha value is -1.70. The lowest BCUT2D eigenvalue weighted by molar-refractivity contribution is -0.132. The van der Waals surface area contributed by atoms with Crippen molar-refractivity contribution < 1.29 is 13.2 Å². The number of thiophene rings is 1. The number of amides is 1. The normalized spacial score (nSPS) is 14.2. The Bertz CT molecular complexity index is 978. The van der Waals surface area contributed by atoms with Gasteiger partial charge in [-0.05, 0) is 86.7 Å². The van der Waals surface area contributed by atoms with E-state index in [0.717, 1.165) is 45.5 Å². The molecule has 1 amide bonds. The third-order valence-electron chi connectivity index (χ3n) is 6.05. The fraction of sp³-hybridized carbons (Fsp3) is 0.500. The molecule has 0 saturated heterocycles. The molecule has 5 nitrogen and oxygen atoms in total. The molecule has 1 aromatic carbocycles. The summed E-state index contributed by atoms with van der Waals surface area (Å²) in [6.45, 7) is 10.4. The third-order valence-corrected chi connectivity index (χ3v) is 8.64. The third kappa shape index (κ3) is 4.73. The summed E-state index contributed by atoms with van der Waals surface area (Å²) in [5.41, 5.74) is 4.69. The predicted molar refractivity (Wildman–Crippen MR) is 118 cm³/mol. The van der Waals surface area contributed by atoms with E-state index in [1.807, 2.05) is 57.0 Å². The van der Waals surface area contributed by atoms with E-state index >= 15 is 0 Å². The van der Waals surface area contributed by atoms with E-state index in [4.69, 9.17) is 0 Å². The number of sulfonamides is 1. The first-order chi connectivity index (χ1) is 13.6. The van der Waals surface area contributed by atoms with Crippen LogP contribution in [0.4, 0.5) is 0 Å². The molecule has 0 bridgehead atoms. The molecule has 0 spiro atoms. The Morgan fingerprint density at radius 3 is 2.17 bits per heavy atom. The van der Waals surface area contributed by atoms with E-state index in [9.17, 15) is 13.2 Å². The predicted octanol–water partition coefficient (Wildman–Crippen LogP) is 4.15. The highest BCUT2D eigenvalue weighted by Gasteiger charge is 2.32. The molecule has 1 aliphatic carbocycles. The zero-order chi connectivity index (χ0) is 21.3. The number of carbonyl (C=O) groups excluding carboxylic acids is 1. The lowest BCUT2D eigenvalue weighted by atomic mass is 9.95. The maximum absolute atomic E-state index is 13.0. The number of nitrogens with zero attached hydrogens (tertiary/aromatic N) is 1. The van der Waals surface area contributed by atoms with Crippen molar-refractivity contribution >= 4 is 27.3 Å². The SMILES string of the molecule is Cc1c(C)c(C)c(S(=O)(=O)NCCC(=O)N(Cc2cccs2)C2CC2)c(C)c1C. The highest BCUT2D eigenvalue weighted by molar-refractivity contribution is 7.89. The molecular weight excluding hydrogens is 404 g/mol. The monoisotopic (exact) mass is 434 g/mol. The van der Waals surface area contributed by atoms with Gasteiger partial charge in [0.1, 0.15) is 0 Å². The smallest absolute Gasteiger partial charge is 0.241 e. The van der Waals surface area contributed by atoms with Crippen molar-refractivity contribution in [2.24, 2.45) is 0 Å². The first-order valence-corrected chi connectivity index (χ1v) is 12.4. The van der Waals surface area contributed by atoms with Gasteiger partial charge in [-0.1, -0.05) is 6.07 Å². The average Bonchev–Trinajstić information content (AvgIpc) is 3.37. The van der Waals surface area contributed by atoms with Crippen molar-refractivity contribution in [3.05, 3.63) is 50.2 Å². The molecule has 1 fully saturated rings. The van der Waals surface area contributed by atoms with Crippen LogP contribution in [0.3, 0.4) is 0 Å². The van der Waals surface area contributed by atoms with E-state index in [1.54, 1.807) is 11.3 Å². The van der Waals surface area contributed by atoms with Crippen LogP contribution in [0, 0.1) is 34.6 Å². The Kier molecular flexibility index (Phi) is 6.51. The molecule has 1 saturated carbocycles. The Morgan fingerprint density at radius 2 is 1.66 bits per heavy atom. The molecule has 3 rings (SSSR count). The van der Waals surface area contributed by atoms with Crippen LogP contribution >= 0.6 is 11.3 Å². The highest BCUT2D eigenvalue weighted by atomic mass is 32.2. The minimum atomic E-state index is -3.68. The van der Waals surface area contributed by atoms with Gasteiger partial charge in [0, 0.05) is 23.9 Å². The molecule has 0 atom stereocenters. The molecule has 0 unspecified atom stereocenters. The molecule has 2 aromatic rings. The van der Waals surface area contributed by atoms with Crippen molar-refractivity contribution in [2.75, 3.05) is 6.54 Å². The Morgan fingerprint density at radius 1 is 1.07 bits per heavy atom. The second kappa shape index (κ2) is 8.58. The van der Waals surface area contributed by atoms with Gasteiger partial charge in [-0.25, -0.2) is 13.1 Å². The van der Waals surface area contributed by atoms with Crippen molar-refractivity contribution in [2.45, 2.75) is 71.4 Å². The lowest BCUT2D eigenvalue weighted by Gasteiger charge is -2.22. The van der Waals surface area contributed by atoms with E-state index in [2.05, 4.69) is 4.72 Å². The number of carbonyl (C=O) groups is 1. The van der Waals surface area contributed by atoms with Crippen LogP contribution in [0.25, 0.3) is 0 Å². The van der Waals surface area contributed by atoms with Gasteiger partial charge >= 0.3 is 0 Å². The summed E-state index contributed by atoms with van der Waals surface area (Å²) < 4.78 is 28.7. The van der Waals surface area contributed by atoms with Crippen molar-refractivity contribution in [1.29, 1.82) is 0 Å². The molecule has 7 heteroatoms. The first-order valence-electron chi connectivity index (χ1n) is 10.0. The number of benzene rings is 1. The molecule has 158 valence electrons. The molecule has 1 aliphatic rings. The second-order valence-electron chi connectivity index (χ2n) is 7.93. The molecule has 1 heterocycles. The molecular formula is C22H30N2O3S2. The van der Waals surface area contributed by atoms with Crippen LogP contribution in [-0.2, 0) is 21.4 Å². The fourth-order valence-electron chi connectivity index (χ4n) is 3.75. The van der Waals surface area contributed by atoms with Crippen molar-refractivity contribution in [3.8, 4) is 0 Å². The van der Waals surface area contributed by atoms with Crippen LogP contribution in [0.1, 0.15) is 52.0 Å². The Balaban J connectivity index is 1.69. The van der Waals surface area contributed by atoms with Gasteiger partial charge in [0.05, 0.1) is 11.4 Å². The van der Waals surface area contributed by atoms with Crippen molar-refractivity contribution in [3.63, 3.8) is 0 Å². The van der Waals surface area contributed by atoms with Gasteiger partial charge in [0.15, 0.2) is 0 Å². The van der Waals surface area contributed by atoms with Crippen molar-refractivity contribution in [1.82, 2.24) is 9.62 Å². The second-order valence-corrected chi connectivity index (χ2v) is 10.7. The molecule has 29 heavy (non-hydrogen) atoms. The topological polar surface area (TPSA) is 66.5 Å². The van der Waals surface area contributed by atoms with Crippen LogP contribution < -0.4 is 4.72 Å². The van der Waals surface area contributed by atoms with Gasteiger partial charge in [0.25, 0.3) is 0 Å². The molecule has 1 aromatic heterocycles. The maximum atomic E-state index is 13.0. The van der Waals surface area contributed by atoms with Gasteiger partial charge in [-0.2, -0.15) is 0 Å². The number of nitrogens with one attached hydrogen (secondary N) is 1. The summed E-state index contributed by atoms with van der Waals surface area (Å²) in [4.78, 5) is 16.2. The van der Waals surface area contributed by atoms with Gasteiger partial charge < -0.3 is 4.90 Å². The quantitative estimate of drug-likeness (QED) is 0.679. The summed E-state index contributed by atoms with van der Waals surface area (Å²) >= 11 is 1.64. The van der Waals surface area contributed by atoms with E-state index in [1.165, 1.54) is 0 Å². The summed E-state index contributed by atoms with van der Waals surface area (Å²) in [6.07, 6.45) is 2.23. The highest BCUT2D eigenvalue weighted by Crippen LogP contribution is 2.31.